The van der Waals surface area contributed by atoms with Crippen LogP contribution in [0.2, 0.25) is 0 Å². The first-order valence-corrected chi connectivity index (χ1v) is 15.2. The molecule has 0 aliphatic heterocycles. The van der Waals surface area contributed by atoms with Crippen LogP contribution in [0, 0.1) is 23.2 Å². The predicted molar refractivity (Wildman–Crippen MR) is 153 cm³/mol. The van der Waals surface area contributed by atoms with E-state index in [0.29, 0.717) is 49.3 Å². The van der Waals surface area contributed by atoms with Gasteiger partial charge in [0.05, 0.1) is 35.5 Å². The normalized spacial score (nSPS) is 26.0. The Morgan fingerprint density at radius 2 is 1.87 bits per heavy atom. The topological polar surface area (TPSA) is 107 Å². The monoisotopic (exact) mass is 557 g/mol. The molecule has 3 aliphatic rings. The summed E-state index contributed by atoms with van der Waals surface area (Å²) in [6.07, 6.45) is 11.2. The molecule has 8 heteroatoms. The van der Waals surface area contributed by atoms with E-state index in [1.165, 1.54) is 18.4 Å². The maximum absolute atomic E-state index is 14.1. The lowest BCUT2D eigenvalue weighted by molar-refractivity contribution is -0.124. The van der Waals surface area contributed by atoms with Crippen molar-refractivity contribution in [3.8, 4) is 11.8 Å². The molecule has 0 bridgehead atoms. The first kappa shape index (κ1) is 29.8. The summed E-state index contributed by atoms with van der Waals surface area (Å²) in [7, 11) is 0. The summed E-state index contributed by atoms with van der Waals surface area (Å²) in [5.41, 5.74) is 0.132. The number of carbonyl (C=O) groups is 2. The van der Waals surface area contributed by atoms with Crippen molar-refractivity contribution >= 4 is 28.9 Å². The number of aliphatic hydroxyl groups is 2. The minimum Gasteiger partial charge on any atom is -0.477 e. The van der Waals surface area contributed by atoms with Crippen molar-refractivity contribution in [3.63, 3.8) is 0 Å². The highest BCUT2D eigenvalue weighted by Gasteiger charge is 2.41. The van der Waals surface area contributed by atoms with Gasteiger partial charge in [0.1, 0.15) is 4.88 Å². The number of thiophene rings is 1. The molecule has 4 rings (SSSR count). The Balaban J connectivity index is 1.60. The summed E-state index contributed by atoms with van der Waals surface area (Å²) in [5.74, 6) is 4.72. The van der Waals surface area contributed by atoms with E-state index in [2.05, 4.69) is 24.8 Å². The Morgan fingerprint density at radius 3 is 2.46 bits per heavy atom. The van der Waals surface area contributed by atoms with Crippen molar-refractivity contribution in [2.45, 2.75) is 109 Å². The summed E-state index contributed by atoms with van der Waals surface area (Å²) >= 11 is 1.07. The highest BCUT2D eigenvalue weighted by molar-refractivity contribution is 7.15. The molecular formula is C31H43NO6S. The molecule has 2 fully saturated rings. The number of anilines is 1. The third kappa shape index (κ3) is 7.52. The molecule has 3 N–H and O–H groups in total. The molecule has 1 aromatic heterocycles. The van der Waals surface area contributed by atoms with Crippen LogP contribution in [0.15, 0.2) is 17.7 Å². The van der Waals surface area contributed by atoms with Gasteiger partial charge < -0.3 is 25.0 Å². The lowest BCUT2D eigenvalue weighted by atomic mass is 9.81. The van der Waals surface area contributed by atoms with Crippen molar-refractivity contribution in [1.82, 2.24) is 0 Å². The second-order valence-electron chi connectivity index (χ2n) is 12.3. The van der Waals surface area contributed by atoms with Crippen molar-refractivity contribution in [2.24, 2.45) is 11.3 Å². The van der Waals surface area contributed by atoms with Crippen molar-refractivity contribution in [3.05, 3.63) is 27.5 Å². The minimum absolute atomic E-state index is 0.0492. The number of allylic oxidation sites excluding steroid dienone is 2. The standard InChI is InChI=1S/C31H43NO6S/c1-21-8-10-22(11-9-21)28(34)32(23-12-16-31(37,17-13-23)20-38-24-6-4-5-7-24)26-18-25(39-27(26)29(35)36)14-15-30(2,3)19-33/h8,18,22-24,33,37H,4-7,9-13,16-17,19-20H2,1-3H3,(H,35,36)/t22-,23?,31?/m0/s1. The van der Waals surface area contributed by atoms with Gasteiger partial charge in [-0.1, -0.05) is 36.3 Å². The molecule has 1 aromatic rings. The molecule has 0 radical (unpaired) electrons. The number of hydrogen-bond donors (Lipinski definition) is 3. The van der Waals surface area contributed by atoms with E-state index in [-0.39, 0.29) is 35.5 Å². The Hall–Kier alpha value is -2.18. The van der Waals surface area contributed by atoms with Gasteiger partial charge in [-0.2, -0.15) is 0 Å². The van der Waals surface area contributed by atoms with Gasteiger partial charge in [-0.25, -0.2) is 4.79 Å². The third-order valence-corrected chi connectivity index (χ3v) is 9.48. The van der Waals surface area contributed by atoms with Gasteiger partial charge in [0, 0.05) is 17.4 Å². The van der Waals surface area contributed by atoms with E-state index < -0.39 is 17.0 Å². The quantitative estimate of drug-likeness (QED) is 0.287. The molecule has 39 heavy (non-hydrogen) atoms. The lowest BCUT2D eigenvalue weighted by Gasteiger charge is -2.42. The largest absolute Gasteiger partial charge is 0.477 e. The number of amides is 1. The first-order valence-electron chi connectivity index (χ1n) is 14.3. The highest BCUT2D eigenvalue weighted by Crippen LogP contribution is 2.40. The van der Waals surface area contributed by atoms with Crippen LogP contribution < -0.4 is 4.90 Å². The van der Waals surface area contributed by atoms with Gasteiger partial charge in [0.15, 0.2) is 0 Å². The Bertz CT molecular complexity index is 1130. The summed E-state index contributed by atoms with van der Waals surface area (Å²) < 4.78 is 6.05. The zero-order valence-electron chi connectivity index (χ0n) is 23.5. The molecule has 2 saturated carbocycles. The highest BCUT2D eigenvalue weighted by atomic mass is 32.1. The van der Waals surface area contributed by atoms with Gasteiger partial charge >= 0.3 is 5.97 Å². The van der Waals surface area contributed by atoms with Crippen LogP contribution >= 0.6 is 11.3 Å². The number of rotatable bonds is 8. The number of ether oxygens (including phenoxy) is 1. The fourth-order valence-electron chi connectivity index (χ4n) is 5.80. The number of nitrogens with zero attached hydrogens (tertiary/aromatic N) is 1. The van der Waals surface area contributed by atoms with Crippen molar-refractivity contribution < 1.29 is 29.6 Å². The smallest absolute Gasteiger partial charge is 0.348 e. The van der Waals surface area contributed by atoms with E-state index >= 15 is 0 Å². The minimum atomic E-state index is -1.08. The molecule has 1 heterocycles. The van der Waals surface area contributed by atoms with Crippen LogP contribution in [0.3, 0.4) is 0 Å². The van der Waals surface area contributed by atoms with E-state index in [4.69, 9.17) is 4.74 Å². The number of carboxylic acid groups (broad SMARTS) is 1. The molecule has 0 spiro atoms. The number of aliphatic hydroxyl groups excluding tert-OH is 1. The molecule has 1 atom stereocenters. The molecular weight excluding hydrogens is 514 g/mol. The van der Waals surface area contributed by atoms with Crippen LogP contribution in [0.25, 0.3) is 0 Å². The molecule has 0 saturated heterocycles. The predicted octanol–water partition coefficient (Wildman–Crippen LogP) is 5.53. The number of carboxylic acids is 1. The van der Waals surface area contributed by atoms with Gasteiger partial charge in [-0.05, 0) is 84.6 Å². The SMILES string of the molecule is CC1=CC[C@H](C(=O)N(c2cc(C#CC(C)(C)CO)sc2C(=O)O)C2CCC(O)(COC3CCCC3)CC2)CC1. The Morgan fingerprint density at radius 1 is 1.18 bits per heavy atom. The van der Waals surface area contributed by atoms with Crippen LogP contribution in [0.4, 0.5) is 5.69 Å². The van der Waals surface area contributed by atoms with E-state index in [0.717, 1.165) is 37.0 Å². The number of carbonyl (C=O) groups excluding carboxylic acids is 1. The maximum atomic E-state index is 14.1. The average molecular weight is 558 g/mol. The second-order valence-corrected chi connectivity index (χ2v) is 13.4. The van der Waals surface area contributed by atoms with E-state index in [1.807, 2.05) is 13.8 Å². The van der Waals surface area contributed by atoms with Crippen molar-refractivity contribution in [1.29, 1.82) is 0 Å². The Labute approximate surface area is 236 Å². The van der Waals surface area contributed by atoms with Crippen LogP contribution in [0.5, 0.6) is 0 Å². The van der Waals surface area contributed by atoms with Crippen LogP contribution in [0.1, 0.15) is 106 Å². The van der Waals surface area contributed by atoms with Crippen LogP contribution in [-0.2, 0) is 9.53 Å². The fraction of sp³-hybridized carbons (Fsp3) is 0.677. The van der Waals surface area contributed by atoms with E-state index in [9.17, 15) is 24.9 Å². The summed E-state index contributed by atoms with van der Waals surface area (Å²) in [6, 6.07) is 1.51. The van der Waals surface area contributed by atoms with Gasteiger partial charge in [0.2, 0.25) is 5.91 Å². The van der Waals surface area contributed by atoms with E-state index in [1.54, 1.807) is 11.0 Å². The molecule has 0 aromatic carbocycles. The molecule has 214 valence electrons. The number of hydrogen-bond acceptors (Lipinski definition) is 6. The molecule has 0 unspecified atom stereocenters. The van der Waals surface area contributed by atoms with Crippen LogP contribution in [-0.4, -0.2) is 58.2 Å². The summed E-state index contributed by atoms with van der Waals surface area (Å²) in [5, 5.41) is 30.9. The maximum Gasteiger partial charge on any atom is 0.348 e. The first-order chi connectivity index (χ1) is 18.5. The summed E-state index contributed by atoms with van der Waals surface area (Å²) in [6.45, 7) is 5.92. The average Bonchev–Trinajstić information content (AvgIpc) is 3.59. The van der Waals surface area contributed by atoms with Gasteiger partial charge in [0.25, 0.3) is 0 Å². The molecule has 3 aliphatic carbocycles. The van der Waals surface area contributed by atoms with Gasteiger partial charge in [-0.3, -0.25) is 4.79 Å². The zero-order chi connectivity index (χ0) is 28.2. The third-order valence-electron chi connectivity index (χ3n) is 8.45. The molecule has 7 nitrogen and oxygen atoms in total. The van der Waals surface area contributed by atoms with Gasteiger partial charge in [-0.15, -0.1) is 11.3 Å². The fourth-order valence-corrected chi connectivity index (χ4v) is 6.64. The summed E-state index contributed by atoms with van der Waals surface area (Å²) in [4.78, 5) is 28.8. The number of aromatic carboxylic acids is 1. The lowest BCUT2D eigenvalue weighted by Crippen LogP contribution is -2.50. The molecule has 1 amide bonds. The second kappa shape index (κ2) is 12.6. The van der Waals surface area contributed by atoms with Crippen molar-refractivity contribution in [2.75, 3.05) is 18.1 Å². The zero-order valence-corrected chi connectivity index (χ0v) is 24.3. The Kier molecular flexibility index (Phi) is 9.59.